The number of benzene rings is 2. The fraction of sp³-hybridized carbons (Fsp3) is 0.143. The summed E-state index contributed by atoms with van der Waals surface area (Å²) in [5, 5.41) is 0.662. The number of rotatable bonds is 2. The summed E-state index contributed by atoms with van der Waals surface area (Å²) < 4.78 is 14.0. The van der Waals surface area contributed by atoms with Gasteiger partial charge in [0.15, 0.2) is 0 Å². The molecule has 0 bridgehead atoms. The minimum atomic E-state index is -0.409. The van der Waals surface area contributed by atoms with E-state index >= 15 is 0 Å². The Bertz CT molecular complexity index is 586. The van der Waals surface area contributed by atoms with E-state index in [0.717, 1.165) is 15.6 Å². The van der Waals surface area contributed by atoms with E-state index < -0.39 is 6.04 Å². The van der Waals surface area contributed by atoms with Gasteiger partial charge in [-0.3, -0.25) is 0 Å². The highest BCUT2D eigenvalue weighted by molar-refractivity contribution is 9.10. The number of nitrogens with two attached hydrogens (primary N) is 1. The lowest BCUT2D eigenvalue weighted by atomic mass is 9.98. The Morgan fingerprint density at radius 2 is 1.94 bits per heavy atom. The fourth-order valence-electron chi connectivity index (χ4n) is 1.74. The highest BCUT2D eigenvalue weighted by atomic mass is 79.9. The maximum absolute atomic E-state index is 13.3. The average molecular weight is 329 g/mol. The maximum Gasteiger partial charge on any atom is 0.123 e. The van der Waals surface area contributed by atoms with Crippen molar-refractivity contribution in [3.05, 3.63) is 68.4 Å². The molecule has 0 saturated heterocycles. The first-order valence-electron chi connectivity index (χ1n) is 5.45. The smallest absolute Gasteiger partial charge is 0.123 e. The van der Waals surface area contributed by atoms with Gasteiger partial charge in [-0.25, -0.2) is 4.39 Å². The third kappa shape index (κ3) is 2.74. The summed E-state index contributed by atoms with van der Waals surface area (Å²) in [5.41, 5.74) is 8.70. The Labute approximate surface area is 119 Å². The summed E-state index contributed by atoms with van der Waals surface area (Å²) >= 11 is 9.46. The molecule has 4 heteroatoms. The van der Waals surface area contributed by atoms with E-state index in [1.54, 1.807) is 6.07 Å². The van der Waals surface area contributed by atoms with Crippen LogP contribution in [0.3, 0.4) is 0 Å². The molecule has 0 aliphatic carbocycles. The van der Waals surface area contributed by atoms with Crippen molar-refractivity contribution >= 4 is 27.5 Å². The number of halogens is 3. The van der Waals surface area contributed by atoms with Crippen LogP contribution in [0.2, 0.25) is 5.02 Å². The topological polar surface area (TPSA) is 26.0 Å². The van der Waals surface area contributed by atoms with Gasteiger partial charge < -0.3 is 5.73 Å². The van der Waals surface area contributed by atoms with Crippen LogP contribution in [0.5, 0.6) is 0 Å². The summed E-state index contributed by atoms with van der Waals surface area (Å²) in [6.07, 6.45) is 0. The van der Waals surface area contributed by atoms with Gasteiger partial charge in [-0.1, -0.05) is 39.7 Å². The van der Waals surface area contributed by atoms with Crippen LogP contribution in [-0.2, 0) is 0 Å². The minimum absolute atomic E-state index is 0.304. The minimum Gasteiger partial charge on any atom is -0.320 e. The number of hydrogen-bond donors (Lipinski definition) is 1. The zero-order chi connectivity index (χ0) is 13.3. The van der Waals surface area contributed by atoms with E-state index in [-0.39, 0.29) is 5.82 Å². The highest BCUT2D eigenvalue weighted by Gasteiger charge is 2.14. The Kier molecular flexibility index (Phi) is 4.05. The molecule has 18 heavy (non-hydrogen) atoms. The van der Waals surface area contributed by atoms with Gasteiger partial charge in [0.05, 0.1) is 6.04 Å². The second-order valence-corrected chi connectivity index (χ2v) is 5.41. The summed E-state index contributed by atoms with van der Waals surface area (Å²) in [5.74, 6) is -0.304. The molecule has 2 aromatic rings. The molecule has 0 amide bonds. The van der Waals surface area contributed by atoms with Gasteiger partial charge in [0.25, 0.3) is 0 Å². The summed E-state index contributed by atoms with van der Waals surface area (Å²) in [6.45, 7) is 1.93. The molecule has 94 valence electrons. The fourth-order valence-corrected chi connectivity index (χ4v) is 2.42. The Balaban J connectivity index is 2.44. The van der Waals surface area contributed by atoms with Crippen molar-refractivity contribution in [2.45, 2.75) is 13.0 Å². The second kappa shape index (κ2) is 5.39. The lowest BCUT2D eigenvalue weighted by molar-refractivity contribution is 0.623. The van der Waals surface area contributed by atoms with Gasteiger partial charge in [0, 0.05) is 9.50 Å². The van der Waals surface area contributed by atoms with Crippen LogP contribution < -0.4 is 5.73 Å². The van der Waals surface area contributed by atoms with Gasteiger partial charge in [-0.05, 0) is 47.9 Å². The quantitative estimate of drug-likeness (QED) is 0.856. The predicted octanol–water partition coefficient (Wildman–Crippen LogP) is 4.60. The van der Waals surface area contributed by atoms with Crippen LogP contribution >= 0.6 is 27.5 Å². The number of aryl methyl sites for hydroxylation is 1. The van der Waals surface area contributed by atoms with Crippen molar-refractivity contribution in [2.24, 2.45) is 5.73 Å². The molecule has 1 atom stereocenters. The summed E-state index contributed by atoms with van der Waals surface area (Å²) in [7, 11) is 0. The van der Waals surface area contributed by atoms with Crippen molar-refractivity contribution in [1.29, 1.82) is 0 Å². The molecule has 2 aromatic carbocycles. The van der Waals surface area contributed by atoms with Gasteiger partial charge in [-0.2, -0.15) is 0 Å². The average Bonchev–Trinajstić information content (AvgIpc) is 2.35. The molecule has 1 unspecified atom stereocenters. The van der Waals surface area contributed by atoms with Crippen LogP contribution in [0.4, 0.5) is 4.39 Å². The molecule has 2 N–H and O–H groups in total. The molecule has 0 fully saturated rings. The van der Waals surface area contributed by atoms with Crippen LogP contribution in [-0.4, -0.2) is 0 Å². The van der Waals surface area contributed by atoms with E-state index in [4.69, 9.17) is 17.3 Å². The highest BCUT2D eigenvalue weighted by Crippen LogP contribution is 2.29. The molecule has 0 radical (unpaired) electrons. The zero-order valence-electron chi connectivity index (χ0n) is 9.75. The lowest BCUT2D eigenvalue weighted by Gasteiger charge is -2.15. The van der Waals surface area contributed by atoms with Gasteiger partial charge in [0.1, 0.15) is 5.82 Å². The van der Waals surface area contributed by atoms with E-state index in [2.05, 4.69) is 15.9 Å². The van der Waals surface area contributed by atoms with E-state index in [1.807, 2.05) is 25.1 Å². The molecule has 0 saturated carbocycles. The lowest BCUT2D eigenvalue weighted by Crippen LogP contribution is -2.13. The van der Waals surface area contributed by atoms with Crippen molar-refractivity contribution in [2.75, 3.05) is 0 Å². The summed E-state index contributed by atoms with van der Waals surface area (Å²) in [4.78, 5) is 0. The molecule has 0 spiro atoms. The molecule has 0 heterocycles. The standard InChI is InChI=1S/C14H12BrClFN/c1-8-2-3-9(6-13(8)16)14(18)11-7-10(17)4-5-12(11)15/h2-7,14H,18H2,1H3. The molecule has 0 aromatic heterocycles. The van der Waals surface area contributed by atoms with Crippen LogP contribution in [0.1, 0.15) is 22.7 Å². The van der Waals surface area contributed by atoms with E-state index in [1.165, 1.54) is 12.1 Å². The molecular formula is C14H12BrClFN. The molecule has 1 nitrogen and oxygen atoms in total. The Morgan fingerprint density at radius 3 is 2.61 bits per heavy atom. The van der Waals surface area contributed by atoms with Crippen molar-refractivity contribution in [3.63, 3.8) is 0 Å². The van der Waals surface area contributed by atoms with Crippen molar-refractivity contribution in [3.8, 4) is 0 Å². The van der Waals surface area contributed by atoms with E-state index in [9.17, 15) is 4.39 Å². The maximum atomic E-state index is 13.3. The first-order valence-corrected chi connectivity index (χ1v) is 6.62. The Hall–Kier alpha value is -0.900. The second-order valence-electron chi connectivity index (χ2n) is 4.15. The first kappa shape index (κ1) is 13.5. The van der Waals surface area contributed by atoms with Crippen LogP contribution in [0, 0.1) is 12.7 Å². The van der Waals surface area contributed by atoms with E-state index in [0.29, 0.717) is 10.6 Å². The predicted molar refractivity (Wildman–Crippen MR) is 76.3 cm³/mol. The van der Waals surface area contributed by atoms with Gasteiger partial charge in [0.2, 0.25) is 0 Å². The van der Waals surface area contributed by atoms with Crippen molar-refractivity contribution < 1.29 is 4.39 Å². The monoisotopic (exact) mass is 327 g/mol. The largest absolute Gasteiger partial charge is 0.320 e. The van der Waals surface area contributed by atoms with Gasteiger partial charge in [-0.15, -0.1) is 0 Å². The molecule has 2 rings (SSSR count). The number of hydrogen-bond acceptors (Lipinski definition) is 1. The summed E-state index contributed by atoms with van der Waals surface area (Å²) in [6, 6.07) is 9.70. The molecule has 0 aliphatic heterocycles. The van der Waals surface area contributed by atoms with Gasteiger partial charge >= 0.3 is 0 Å². The van der Waals surface area contributed by atoms with Crippen LogP contribution in [0.25, 0.3) is 0 Å². The Morgan fingerprint density at radius 1 is 1.22 bits per heavy atom. The third-order valence-electron chi connectivity index (χ3n) is 2.85. The third-order valence-corrected chi connectivity index (χ3v) is 3.98. The van der Waals surface area contributed by atoms with Crippen molar-refractivity contribution in [1.82, 2.24) is 0 Å². The zero-order valence-corrected chi connectivity index (χ0v) is 12.1. The SMILES string of the molecule is Cc1ccc(C(N)c2cc(F)ccc2Br)cc1Cl. The molecular weight excluding hydrogens is 317 g/mol. The normalized spacial score (nSPS) is 12.5. The first-order chi connectivity index (χ1) is 8.49. The molecule has 0 aliphatic rings. The van der Waals surface area contributed by atoms with Crippen LogP contribution in [0.15, 0.2) is 40.9 Å².